The van der Waals surface area contributed by atoms with Gasteiger partial charge in [0, 0.05) is 0 Å². The Kier molecular flexibility index (Phi) is 1.43. The van der Waals surface area contributed by atoms with E-state index in [4.69, 9.17) is 10.4 Å². The molecule has 0 aromatic carbocycles. The van der Waals surface area contributed by atoms with Gasteiger partial charge in [-0.15, -0.1) is 0 Å². The third-order valence-electron chi connectivity index (χ3n) is 3.48. The topological polar surface area (TPSA) is 44.0 Å². The lowest BCUT2D eigenvalue weighted by Gasteiger charge is -2.28. The summed E-state index contributed by atoms with van der Waals surface area (Å²) in [4.78, 5) is 0. The molecule has 0 amide bonds. The summed E-state index contributed by atoms with van der Waals surface area (Å²) in [6.07, 6.45) is 4.59. The van der Waals surface area contributed by atoms with Gasteiger partial charge in [0.1, 0.15) is 0 Å². The predicted octanol–water partition coefficient (Wildman–Crippen LogP) is 1.31. The molecule has 2 aliphatic carbocycles. The van der Waals surface area contributed by atoms with Crippen LogP contribution in [0.4, 0.5) is 0 Å². The van der Waals surface area contributed by atoms with Gasteiger partial charge >= 0.3 is 0 Å². The molecular formula is C9H13NO. The molecule has 3 atom stereocenters. The molecule has 0 aromatic rings. The molecule has 0 saturated heterocycles. The van der Waals surface area contributed by atoms with Gasteiger partial charge in [-0.1, -0.05) is 6.42 Å². The lowest BCUT2D eigenvalue weighted by Crippen LogP contribution is -2.29. The van der Waals surface area contributed by atoms with Gasteiger partial charge in [-0.05, 0) is 31.1 Å². The van der Waals surface area contributed by atoms with Crippen molar-refractivity contribution in [2.45, 2.75) is 25.7 Å². The smallest absolute Gasteiger partial charge is 0.0834 e. The summed E-state index contributed by atoms with van der Waals surface area (Å²) in [6, 6.07) is 2.31. The molecule has 3 unspecified atom stereocenters. The largest absolute Gasteiger partial charge is 0.395 e. The van der Waals surface area contributed by atoms with Crippen molar-refractivity contribution in [3.8, 4) is 6.07 Å². The molecule has 2 fully saturated rings. The van der Waals surface area contributed by atoms with Gasteiger partial charge in [-0.25, -0.2) is 0 Å². The van der Waals surface area contributed by atoms with E-state index in [-0.39, 0.29) is 12.0 Å². The highest BCUT2D eigenvalue weighted by atomic mass is 16.3. The number of rotatable bonds is 1. The molecule has 2 heteroatoms. The Bertz CT molecular complexity index is 208. The summed E-state index contributed by atoms with van der Waals surface area (Å²) in [6.45, 7) is 0.0741. The second-order valence-electron chi connectivity index (χ2n) is 4.01. The fraction of sp³-hybridized carbons (Fsp3) is 0.889. The molecule has 2 aliphatic rings. The predicted molar refractivity (Wildman–Crippen MR) is 40.6 cm³/mol. The molecule has 1 N–H and O–H groups in total. The highest BCUT2D eigenvalue weighted by molar-refractivity contribution is 5.11. The average Bonchev–Trinajstić information content (AvgIpc) is 2.62. The number of nitrogens with zero attached hydrogens (tertiary/aromatic N) is 1. The zero-order chi connectivity index (χ0) is 7.90. The maximum absolute atomic E-state index is 9.12. The van der Waals surface area contributed by atoms with E-state index >= 15 is 0 Å². The van der Waals surface area contributed by atoms with Crippen LogP contribution in [0.15, 0.2) is 0 Å². The molecule has 0 aliphatic heterocycles. The Hall–Kier alpha value is -0.550. The van der Waals surface area contributed by atoms with Crippen LogP contribution >= 0.6 is 0 Å². The first kappa shape index (κ1) is 7.12. The lowest BCUT2D eigenvalue weighted by molar-refractivity contribution is 0.118. The minimum atomic E-state index is -0.344. The van der Waals surface area contributed by atoms with Crippen molar-refractivity contribution in [3.05, 3.63) is 0 Å². The third kappa shape index (κ3) is 0.810. The molecule has 2 nitrogen and oxygen atoms in total. The summed E-state index contributed by atoms with van der Waals surface area (Å²) in [5.41, 5.74) is -0.344. The van der Waals surface area contributed by atoms with Crippen molar-refractivity contribution in [2.24, 2.45) is 17.3 Å². The molecule has 0 radical (unpaired) electrons. The van der Waals surface area contributed by atoms with Crippen LogP contribution in [0.2, 0.25) is 0 Å². The van der Waals surface area contributed by atoms with Crippen LogP contribution in [0.25, 0.3) is 0 Å². The van der Waals surface area contributed by atoms with Gasteiger partial charge in [-0.3, -0.25) is 0 Å². The van der Waals surface area contributed by atoms with Crippen molar-refractivity contribution in [1.82, 2.24) is 0 Å². The average molecular weight is 151 g/mol. The van der Waals surface area contributed by atoms with E-state index in [9.17, 15) is 0 Å². The van der Waals surface area contributed by atoms with Gasteiger partial charge in [0.15, 0.2) is 0 Å². The van der Waals surface area contributed by atoms with E-state index < -0.39 is 0 Å². The number of hydrogen-bond acceptors (Lipinski definition) is 2. The highest BCUT2D eigenvalue weighted by Gasteiger charge is 2.50. The van der Waals surface area contributed by atoms with Crippen LogP contribution in [0.5, 0.6) is 0 Å². The molecular weight excluding hydrogens is 138 g/mol. The maximum Gasteiger partial charge on any atom is 0.0834 e. The number of aliphatic hydroxyl groups is 1. The van der Waals surface area contributed by atoms with Crippen LogP contribution in [-0.4, -0.2) is 11.7 Å². The third-order valence-corrected chi connectivity index (χ3v) is 3.48. The first-order valence-corrected chi connectivity index (χ1v) is 4.33. The molecule has 2 rings (SSSR count). The molecule has 0 heterocycles. The number of aliphatic hydroxyl groups excluding tert-OH is 1. The highest BCUT2D eigenvalue weighted by Crippen LogP contribution is 2.55. The molecule has 11 heavy (non-hydrogen) atoms. The minimum absolute atomic E-state index is 0.0741. The van der Waals surface area contributed by atoms with E-state index in [2.05, 4.69) is 6.07 Å². The zero-order valence-electron chi connectivity index (χ0n) is 6.58. The summed E-state index contributed by atoms with van der Waals surface area (Å²) in [5.74, 6) is 1.24. The summed E-state index contributed by atoms with van der Waals surface area (Å²) < 4.78 is 0. The Balaban J connectivity index is 2.22. The second kappa shape index (κ2) is 2.22. The molecule has 0 spiro atoms. The number of nitriles is 1. The summed E-state index contributed by atoms with van der Waals surface area (Å²) >= 11 is 0. The Labute approximate surface area is 66.8 Å². The molecule has 2 bridgehead atoms. The van der Waals surface area contributed by atoms with E-state index in [0.29, 0.717) is 5.92 Å². The fourth-order valence-corrected chi connectivity index (χ4v) is 2.81. The van der Waals surface area contributed by atoms with E-state index in [0.717, 1.165) is 12.3 Å². The zero-order valence-corrected chi connectivity index (χ0v) is 6.58. The van der Waals surface area contributed by atoms with Gasteiger partial charge in [0.25, 0.3) is 0 Å². The Morgan fingerprint density at radius 1 is 1.55 bits per heavy atom. The number of fused-ring (bicyclic) bond motifs is 2. The summed E-state index contributed by atoms with van der Waals surface area (Å²) in [5, 5.41) is 18.0. The van der Waals surface area contributed by atoms with Crippen LogP contribution < -0.4 is 0 Å². The van der Waals surface area contributed by atoms with Crippen molar-refractivity contribution in [2.75, 3.05) is 6.61 Å². The van der Waals surface area contributed by atoms with Gasteiger partial charge < -0.3 is 5.11 Å². The SMILES string of the molecule is N#CC1(CO)CC2CCC1C2. The van der Waals surface area contributed by atoms with E-state index in [1.54, 1.807) is 0 Å². The molecule has 0 aromatic heterocycles. The van der Waals surface area contributed by atoms with Crippen molar-refractivity contribution < 1.29 is 5.11 Å². The first-order valence-electron chi connectivity index (χ1n) is 4.33. The lowest BCUT2D eigenvalue weighted by atomic mass is 9.75. The van der Waals surface area contributed by atoms with Crippen molar-refractivity contribution in [1.29, 1.82) is 5.26 Å². The van der Waals surface area contributed by atoms with Crippen molar-refractivity contribution >= 4 is 0 Å². The van der Waals surface area contributed by atoms with Crippen LogP contribution in [0, 0.1) is 28.6 Å². The van der Waals surface area contributed by atoms with Crippen LogP contribution in [-0.2, 0) is 0 Å². The minimum Gasteiger partial charge on any atom is -0.395 e. The normalized spacial score (nSPS) is 47.6. The van der Waals surface area contributed by atoms with Gasteiger partial charge in [0.05, 0.1) is 18.1 Å². The van der Waals surface area contributed by atoms with Crippen LogP contribution in [0.1, 0.15) is 25.7 Å². The fourth-order valence-electron chi connectivity index (χ4n) is 2.81. The standard InChI is InChI=1S/C9H13NO/c10-5-9(6-11)4-7-1-2-8(9)3-7/h7-8,11H,1-4,6H2. The molecule has 60 valence electrons. The maximum atomic E-state index is 9.12. The van der Waals surface area contributed by atoms with Crippen LogP contribution in [0.3, 0.4) is 0 Å². The van der Waals surface area contributed by atoms with E-state index in [1.165, 1.54) is 19.3 Å². The molecule has 2 saturated carbocycles. The second-order valence-corrected chi connectivity index (χ2v) is 4.01. The van der Waals surface area contributed by atoms with Gasteiger partial charge in [-0.2, -0.15) is 5.26 Å². The number of hydrogen-bond donors (Lipinski definition) is 1. The van der Waals surface area contributed by atoms with Crippen molar-refractivity contribution in [3.63, 3.8) is 0 Å². The Morgan fingerprint density at radius 3 is 2.64 bits per heavy atom. The summed E-state index contributed by atoms with van der Waals surface area (Å²) in [7, 11) is 0. The Morgan fingerprint density at radius 2 is 2.36 bits per heavy atom. The van der Waals surface area contributed by atoms with Gasteiger partial charge in [0.2, 0.25) is 0 Å². The monoisotopic (exact) mass is 151 g/mol. The quantitative estimate of drug-likeness (QED) is 0.614. The first-order chi connectivity index (χ1) is 5.30. The van der Waals surface area contributed by atoms with E-state index in [1.807, 2.05) is 0 Å².